The molecule has 6 nitrogen and oxygen atoms in total. The molecule has 0 aliphatic carbocycles. The summed E-state index contributed by atoms with van der Waals surface area (Å²) >= 11 is 1.37. The van der Waals surface area contributed by atoms with Gasteiger partial charge in [-0.05, 0) is 58.2 Å². The van der Waals surface area contributed by atoms with E-state index in [9.17, 15) is 9.59 Å². The van der Waals surface area contributed by atoms with Crippen molar-refractivity contribution in [1.82, 2.24) is 9.97 Å². The molecule has 0 aliphatic rings. The number of amides is 1. The number of carbonyl (C=O) groups excluding carboxylic acids is 2. The van der Waals surface area contributed by atoms with Crippen LogP contribution in [0.1, 0.15) is 55.7 Å². The van der Waals surface area contributed by atoms with Crippen molar-refractivity contribution >= 4 is 28.3 Å². The van der Waals surface area contributed by atoms with Gasteiger partial charge < -0.3 is 9.72 Å². The van der Waals surface area contributed by atoms with Gasteiger partial charge in [0.1, 0.15) is 5.69 Å². The van der Waals surface area contributed by atoms with Gasteiger partial charge in [0.25, 0.3) is 5.91 Å². The predicted molar refractivity (Wildman–Crippen MR) is 116 cm³/mol. The molecule has 0 fully saturated rings. The molecular formula is C22H25N3O3S. The van der Waals surface area contributed by atoms with E-state index >= 15 is 0 Å². The minimum Gasteiger partial charge on any atom is -0.462 e. The third-order valence-corrected chi connectivity index (χ3v) is 5.56. The number of anilines is 1. The number of aromatic nitrogens is 2. The minimum atomic E-state index is -0.431. The highest BCUT2D eigenvalue weighted by atomic mass is 32.1. The first-order valence-corrected chi connectivity index (χ1v) is 10.3. The van der Waals surface area contributed by atoms with Crippen LogP contribution in [0.3, 0.4) is 0 Å². The summed E-state index contributed by atoms with van der Waals surface area (Å²) in [5, 5.41) is 5.29. The second kappa shape index (κ2) is 8.21. The van der Waals surface area contributed by atoms with Gasteiger partial charge in [0.15, 0.2) is 5.13 Å². The Bertz CT molecular complexity index is 1070. The highest BCUT2D eigenvalue weighted by Gasteiger charge is 2.23. The van der Waals surface area contributed by atoms with Crippen LogP contribution in [0.15, 0.2) is 17.5 Å². The van der Waals surface area contributed by atoms with Crippen molar-refractivity contribution in [3.63, 3.8) is 0 Å². The fraction of sp³-hybridized carbons (Fsp3) is 0.318. The summed E-state index contributed by atoms with van der Waals surface area (Å²) in [7, 11) is 0. The highest BCUT2D eigenvalue weighted by molar-refractivity contribution is 7.14. The molecule has 7 heteroatoms. The molecule has 0 aliphatic heterocycles. The van der Waals surface area contributed by atoms with Gasteiger partial charge in [-0.15, -0.1) is 11.3 Å². The van der Waals surface area contributed by atoms with Crippen LogP contribution in [0.25, 0.3) is 11.3 Å². The van der Waals surface area contributed by atoms with Crippen molar-refractivity contribution in [3.05, 3.63) is 56.7 Å². The molecule has 3 rings (SSSR count). The second-order valence-electron chi connectivity index (χ2n) is 7.11. The number of aromatic amines is 1. The van der Waals surface area contributed by atoms with Gasteiger partial charge in [0.2, 0.25) is 0 Å². The number of hydrogen-bond acceptors (Lipinski definition) is 5. The Hall–Kier alpha value is -2.93. The molecule has 29 heavy (non-hydrogen) atoms. The lowest BCUT2D eigenvalue weighted by molar-refractivity contribution is 0.0525. The first kappa shape index (κ1) is 20.8. The normalized spacial score (nSPS) is 10.8. The lowest BCUT2D eigenvalue weighted by Crippen LogP contribution is -2.14. The summed E-state index contributed by atoms with van der Waals surface area (Å²) in [4.78, 5) is 32.5. The van der Waals surface area contributed by atoms with Crippen LogP contribution in [-0.4, -0.2) is 28.5 Å². The van der Waals surface area contributed by atoms with E-state index in [1.807, 2.05) is 5.38 Å². The monoisotopic (exact) mass is 411 g/mol. The van der Waals surface area contributed by atoms with E-state index in [1.54, 1.807) is 20.8 Å². The number of nitrogens with one attached hydrogen (secondary N) is 2. The largest absolute Gasteiger partial charge is 0.462 e. The minimum absolute atomic E-state index is 0.282. The van der Waals surface area contributed by atoms with Gasteiger partial charge in [0, 0.05) is 16.6 Å². The maximum Gasteiger partial charge on any atom is 0.340 e. The molecule has 152 valence electrons. The van der Waals surface area contributed by atoms with Gasteiger partial charge in [0.05, 0.1) is 17.9 Å². The number of nitrogens with zero attached hydrogens (tertiary/aromatic N) is 1. The van der Waals surface area contributed by atoms with Crippen LogP contribution in [-0.2, 0) is 4.74 Å². The van der Waals surface area contributed by atoms with Gasteiger partial charge in [-0.3, -0.25) is 10.1 Å². The zero-order valence-corrected chi connectivity index (χ0v) is 18.3. The summed E-state index contributed by atoms with van der Waals surface area (Å²) < 4.78 is 5.08. The summed E-state index contributed by atoms with van der Waals surface area (Å²) in [6.45, 7) is 11.7. The molecule has 3 aromatic rings. The van der Waals surface area contributed by atoms with Crippen LogP contribution in [0.2, 0.25) is 0 Å². The summed E-state index contributed by atoms with van der Waals surface area (Å²) in [5.41, 5.74) is 7.37. The molecule has 2 N–H and O–H groups in total. The van der Waals surface area contributed by atoms with Gasteiger partial charge in [-0.2, -0.15) is 0 Å². The molecule has 1 amide bonds. The SMILES string of the molecule is CCOC(=O)c1c(C)[nH]c(C(=O)Nc2nc(-c3c(C)cc(C)cc3C)cs2)c1C. The number of aryl methyl sites for hydroxylation is 4. The average Bonchev–Trinajstić information content (AvgIpc) is 3.18. The van der Waals surface area contributed by atoms with Crippen LogP contribution in [0, 0.1) is 34.6 Å². The molecule has 2 heterocycles. The number of rotatable bonds is 5. The Labute approximate surface area is 174 Å². The molecule has 0 unspecified atom stereocenters. The van der Waals surface area contributed by atoms with Crippen molar-refractivity contribution < 1.29 is 14.3 Å². The van der Waals surface area contributed by atoms with E-state index in [1.165, 1.54) is 16.9 Å². The molecule has 1 aromatic carbocycles. The smallest absolute Gasteiger partial charge is 0.340 e. The number of benzene rings is 1. The Morgan fingerprint density at radius 2 is 1.79 bits per heavy atom. The van der Waals surface area contributed by atoms with Crippen LogP contribution in [0.5, 0.6) is 0 Å². The molecular weight excluding hydrogens is 386 g/mol. The lowest BCUT2D eigenvalue weighted by atomic mass is 9.98. The van der Waals surface area contributed by atoms with Gasteiger partial charge in [-0.1, -0.05) is 17.7 Å². The van der Waals surface area contributed by atoms with Crippen molar-refractivity contribution in [2.24, 2.45) is 0 Å². The molecule has 0 saturated heterocycles. The van der Waals surface area contributed by atoms with Crippen LogP contribution < -0.4 is 5.32 Å². The van der Waals surface area contributed by atoms with Crippen molar-refractivity contribution in [2.75, 3.05) is 11.9 Å². The van der Waals surface area contributed by atoms with Gasteiger partial charge >= 0.3 is 5.97 Å². The molecule has 0 saturated carbocycles. The highest BCUT2D eigenvalue weighted by Crippen LogP contribution is 2.31. The number of carbonyl (C=O) groups is 2. The maximum atomic E-state index is 12.8. The molecule has 0 radical (unpaired) electrons. The summed E-state index contributed by atoms with van der Waals surface area (Å²) in [5.74, 6) is -0.765. The van der Waals surface area contributed by atoms with E-state index in [-0.39, 0.29) is 12.5 Å². The quantitative estimate of drug-likeness (QED) is 0.572. The van der Waals surface area contributed by atoms with Crippen molar-refractivity contribution in [2.45, 2.75) is 41.5 Å². The average molecular weight is 412 g/mol. The summed E-state index contributed by atoms with van der Waals surface area (Å²) in [6.07, 6.45) is 0. The van der Waals surface area contributed by atoms with E-state index in [2.05, 4.69) is 48.2 Å². The van der Waals surface area contributed by atoms with Crippen LogP contribution in [0.4, 0.5) is 5.13 Å². The van der Waals surface area contributed by atoms with Crippen molar-refractivity contribution in [1.29, 1.82) is 0 Å². The van der Waals surface area contributed by atoms with E-state index in [0.717, 1.165) is 22.4 Å². The third-order valence-electron chi connectivity index (χ3n) is 4.80. The first-order chi connectivity index (χ1) is 13.7. The van der Waals surface area contributed by atoms with E-state index in [4.69, 9.17) is 4.74 Å². The Morgan fingerprint density at radius 1 is 1.14 bits per heavy atom. The lowest BCUT2D eigenvalue weighted by Gasteiger charge is -2.08. The fourth-order valence-electron chi connectivity index (χ4n) is 3.68. The third kappa shape index (κ3) is 4.10. The zero-order chi connectivity index (χ0) is 21.3. The number of esters is 1. The first-order valence-electron chi connectivity index (χ1n) is 9.44. The van der Waals surface area contributed by atoms with Crippen LogP contribution >= 0.6 is 11.3 Å². The van der Waals surface area contributed by atoms with E-state index < -0.39 is 5.97 Å². The summed E-state index contributed by atoms with van der Waals surface area (Å²) in [6, 6.07) is 4.25. The van der Waals surface area contributed by atoms with Crippen molar-refractivity contribution in [3.8, 4) is 11.3 Å². The molecule has 2 aromatic heterocycles. The number of hydrogen-bond donors (Lipinski definition) is 2. The second-order valence-corrected chi connectivity index (χ2v) is 7.97. The Balaban J connectivity index is 1.85. The Kier molecular flexibility index (Phi) is 5.88. The molecule has 0 atom stereocenters. The molecule has 0 bridgehead atoms. The maximum absolute atomic E-state index is 12.8. The van der Waals surface area contributed by atoms with E-state index in [0.29, 0.717) is 27.6 Å². The number of H-pyrrole nitrogens is 1. The topological polar surface area (TPSA) is 84.1 Å². The standard InChI is InChI=1S/C22H25N3O3S/c1-7-28-21(27)18-14(5)19(23-15(18)6)20(26)25-22-24-16(10-29-22)17-12(3)8-11(2)9-13(17)4/h8-10,23H,7H2,1-6H3,(H,24,25,26). The number of ether oxygens (including phenoxy) is 1. The molecule has 0 spiro atoms. The predicted octanol–water partition coefficient (Wildman–Crippen LogP) is 5.11. The zero-order valence-electron chi connectivity index (χ0n) is 17.5. The fourth-order valence-corrected chi connectivity index (χ4v) is 4.37. The Morgan fingerprint density at radius 3 is 2.41 bits per heavy atom. The van der Waals surface area contributed by atoms with Gasteiger partial charge in [-0.25, -0.2) is 9.78 Å². The number of thiazole rings is 1.